The molecule has 0 spiro atoms. The smallest absolute Gasteiger partial charge is 0.244 e. The minimum atomic E-state index is -3.74. The average molecular weight is 349 g/mol. The second-order valence-electron chi connectivity index (χ2n) is 5.78. The van der Waals surface area contributed by atoms with E-state index in [-0.39, 0.29) is 4.90 Å². The maximum absolute atomic E-state index is 13.1. The predicted molar refractivity (Wildman–Crippen MR) is 96.7 cm³/mol. The van der Waals surface area contributed by atoms with Crippen LogP contribution in [0.3, 0.4) is 0 Å². The Labute approximate surface area is 145 Å². The summed E-state index contributed by atoms with van der Waals surface area (Å²) in [5.41, 5.74) is 3.07. The molecule has 4 aromatic rings. The Morgan fingerprint density at radius 3 is 2.40 bits per heavy atom. The van der Waals surface area contributed by atoms with Crippen LogP contribution in [0, 0.1) is 6.92 Å². The number of nitrogens with zero attached hydrogens (tertiary/aromatic N) is 3. The van der Waals surface area contributed by atoms with Crippen molar-refractivity contribution in [2.24, 2.45) is 0 Å². The normalized spacial score (nSPS) is 11.7. The number of benzene rings is 2. The van der Waals surface area contributed by atoms with Crippen LogP contribution in [-0.2, 0) is 10.0 Å². The Balaban J connectivity index is 1.98. The highest BCUT2D eigenvalue weighted by Gasteiger charge is 2.22. The van der Waals surface area contributed by atoms with Crippen molar-refractivity contribution in [3.63, 3.8) is 0 Å². The molecule has 0 saturated heterocycles. The van der Waals surface area contributed by atoms with E-state index in [1.165, 1.54) is 10.3 Å². The molecular formula is C19H15N3O2S. The quantitative estimate of drug-likeness (QED) is 0.566. The molecule has 5 nitrogen and oxygen atoms in total. The Bertz CT molecular complexity index is 1150. The predicted octanol–water partition coefficient (Wildman–Crippen LogP) is 3.64. The summed E-state index contributed by atoms with van der Waals surface area (Å²) in [6, 6.07) is 16.4. The number of rotatable bonds is 3. The minimum absolute atomic E-state index is 0.230. The first-order valence-electron chi connectivity index (χ1n) is 7.76. The summed E-state index contributed by atoms with van der Waals surface area (Å²) in [6.45, 7) is 1.92. The molecule has 2 aromatic carbocycles. The molecule has 25 heavy (non-hydrogen) atoms. The lowest BCUT2D eigenvalue weighted by atomic mass is 10.1. The van der Waals surface area contributed by atoms with Gasteiger partial charge in [-0.25, -0.2) is 22.4 Å². The van der Waals surface area contributed by atoms with Gasteiger partial charge in [0, 0.05) is 23.3 Å². The molecule has 0 unspecified atom stereocenters. The molecule has 0 bridgehead atoms. The molecule has 0 radical (unpaired) electrons. The summed E-state index contributed by atoms with van der Waals surface area (Å²) in [5, 5.41) is 0.699. The van der Waals surface area contributed by atoms with E-state index in [0.29, 0.717) is 11.0 Å². The van der Waals surface area contributed by atoms with Crippen LogP contribution in [0.2, 0.25) is 0 Å². The van der Waals surface area contributed by atoms with E-state index in [2.05, 4.69) is 9.97 Å². The van der Waals surface area contributed by atoms with Gasteiger partial charge in [-0.1, -0.05) is 48.0 Å². The Kier molecular flexibility index (Phi) is 3.62. The van der Waals surface area contributed by atoms with Crippen LogP contribution in [-0.4, -0.2) is 22.4 Å². The highest BCUT2D eigenvalue weighted by Crippen LogP contribution is 2.31. The Morgan fingerprint density at radius 2 is 1.68 bits per heavy atom. The first-order chi connectivity index (χ1) is 12.1. The van der Waals surface area contributed by atoms with Gasteiger partial charge in [-0.3, -0.25) is 0 Å². The Hall–Kier alpha value is -2.99. The zero-order valence-corrected chi connectivity index (χ0v) is 14.3. The standard InChI is InChI=1S/C19H15N3O2S/c1-14-7-9-16(10-8-14)25(23,24)22-12-18(15-5-3-2-4-6-15)17-11-20-13-21-19(17)22/h2-13H,1H3. The fraction of sp³-hybridized carbons (Fsp3) is 0.0526. The van der Waals surface area contributed by atoms with Gasteiger partial charge in [-0.2, -0.15) is 0 Å². The number of hydrogen-bond acceptors (Lipinski definition) is 4. The highest BCUT2D eigenvalue weighted by molar-refractivity contribution is 7.90. The van der Waals surface area contributed by atoms with Crippen molar-refractivity contribution in [3.8, 4) is 11.1 Å². The van der Waals surface area contributed by atoms with Crippen molar-refractivity contribution in [3.05, 3.63) is 78.9 Å². The molecule has 0 aliphatic rings. The summed E-state index contributed by atoms with van der Waals surface area (Å²) in [5.74, 6) is 0. The third-order valence-electron chi connectivity index (χ3n) is 4.10. The lowest BCUT2D eigenvalue weighted by molar-refractivity contribution is 0.588. The molecule has 2 aromatic heterocycles. The largest absolute Gasteiger partial charge is 0.269 e. The van der Waals surface area contributed by atoms with Crippen molar-refractivity contribution in [2.45, 2.75) is 11.8 Å². The van der Waals surface area contributed by atoms with Crippen LogP contribution in [0.1, 0.15) is 5.56 Å². The first kappa shape index (κ1) is 15.5. The molecule has 2 heterocycles. The van der Waals surface area contributed by atoms with E-state index in [0.717, 1.165) is 16.7 Å². The Morgan fingerprint density at radius 1 is 0.960 bits per heavy atom. The van der Waals surface area contributed by atoms with Gasteiger partial charge < -0.3 is 0 Å². The van der Waals surface area contributed by atoms with Crippen LogP contribution >= 0.6 is 0 Å². The van der Waals surface area contributed by atoms with Crippen molar-refractivity contribution in [2.75, 3.05) is 0 Å². The van der Waals surface area contributed by atoms with Crippen molar-refractivity contribution in [1.29, 1.82) is 0 Å². The first-order valence-corrected chi connectivity index (χ1v) is 9.20. The molecule has 0 aliphatic heterocycles. The molecule has 0 saturated carbocycles. The summed E-state index contributed by atoms with van der Waals surface area (Å²) < 4.78 is 27.4. The molecule has 6 heteroatoms. The van der Waals surface area contributed by atoms with E-state index >= 15 is 0 Å². The molecule has 0 amide bonds. The second kappa shape index (κ2) is 5.82. The minimum Gasteiger partial charge on any atom is -0.244 e. The van der Waals surface area contributed by atoms with Crippen LogP contribution < -0.4 is 0 Å². The van der Waals surface area contributed by atoms with Crippen LogP contribution in [0.25, 0.3) is 22.2 Å². The van der Waals surface area contributed by atoms with Crippen molar-refractivity contribution in [1.82, 2.24) is 13.9 Å². The number of aromatic nitrogens is 3. The van der Waals surface area contributed by atoms with Gasteiger partial charge in [0.05, 0.1) is 4.90 Å². The zero-order chi connectivity index (χ0) is 17.4. The van der Waals surface area contributed by atoms with E-state index in [4.69, 9.17) is 0 Å². The average Bonchev–Trinajstić information content (AvgIpc) is 3.03. The molecule has 0 N–H and O–H groups in total. The molecule has 4 rings (SSSR count). The van der Waals surface area contributed by atoms with Gasteiger partial charge in [0.15, 0.2) is 5.65 Å². The van der Waals surface area contributed by atoms with Gasteiger partial charge in [-0.05, 0) is 24.6 Å². The maximum atomic E-state index is 13.1. The number of fused-ring (bicyclic) bond motifs is 1. The van der Waals surface area contributed by atoms with Gasteiger partial charge in [0.1, 0.15) is 6.33 Å². The topological polar surface area (TPSA) is 64.8 Å². The SMILES string of the molecule is Cc1ccc(S(=O)(=O)n2cc(-c3ccccc3)c3cncnc32)cc1. The van der Waals surface area contributed by atoms with Crippen LogP contribution in [0.4, 0.5) is 0 Å². The van der Waals surface area contributed by atoms with Gasteiger partial charge in [0.2, 0.25) is 0 Å². The molecular weight excluding hydrogens is 334 g/mol. The molecule has 0 aliphatic carbocycles. The molecule has 124 valence electrons. The molecule has 0 fully saturated rings. The van der Waals surface area contributed by atoms with E-state index in [1.54, 1.807) is 36.7 Å². The monoisotopic (exact) mass is 349 g/mol. The van der Waals surface area contributed by atoms with Crippen molar-refractivity contribution < 1.29 is 8.42 Å². The number of hydrogen-bond donors (Lipinski definition) is 0. The third-order valence-corrected chi connectivity index (χ3v) is 5.76. The van der Waals surface area contributed by atoms with Gasteiger partial charge in [0.25, 0.3) is 10.0 Å². The summed E-state index contributed by atoms with van der Waals surface area (Å²) in [7, 11) is -3.74. The second-order valence-corrected chi connectivity index (χ2v) is 7.60. The zero-order valence-electron chi connectivity index (χ0n) is 13.5. The fourth-order valence-electron chi connectivity index (χ4n) is 2.79. The van der Waals surface area contributed by atoms with Gasteiger partial charge >= 0.3 is 0 Å². The fourth-order valence-corrected chi connectivity index (χ4v) is 4.12. The maximum Gasteiger partial charge on any atom is 0.269 e. The lowest BCUT2D eigenvalue weighted by Gasteiger charge is -2.07. The lowest BCUT2D eigenvalue weighted by Crippen LogP contribution is -2.12. The van der Waals surface area contributed by atoms with E-state index in [9.17, 15) is 8.42 Å². The molecule has 0 atom stereocenters. The van der Waals surface area contributed by atoms with Gasteiger partial charge in [-0.15, -0.1) is 0 Å². The van der Waals surface area contributed by atoms with Crippen molar-refractivity contribution >= 4 is 21.1 Å². The third kappa shape index (κ3) is 2.60. The number of aryl methyl sites for hydroxylation is 1. The van der Waals surface area contributed by atoms with Crippen LogP contribution in [0.5, 0.6) is 0 Å². The van der Waals surface area contributed by atoms with Crippen LogP contribution in [0.15, 0.2) is 78.2 Å². The van der Waals surface area contributed by atoms with E-state index < -0.39 is 10.0 Å². The summed E-state index contributed by atoms with van der Waals surface area (Å²) >= 11 is 0. The summed E-state index contributed by atoms with van der Waals surface area (Å²) in [4.78, 5) is 8.50. The summed E-state index contributed by atoms with van der Waals surface area (Å²) in [6.07, 6.45) is 4.62. The highest BCUT2D eigenvalue weighted by atomic mass is 32.2. The van der Waals surface area contributed by atoms with E-state index in [1.807, 2.05) is 37.3 Å².